The highest BCUT2D eigenvalue weighted by Crippen LogP contribution is 2.11. The molecule has 2 rings (SSSR count). The molecule has 4 heteroatoms. The summed E-state index contributed by atoms with van der Waals surface area (Å²) >= 11 is 0. The maximum atomic E-state index is 12.6. The summed E-state index contributed by atoms with van der Waals surface area (Å²) < 4.78 is 4.28. The lowest BCUT2D eigenvalue weighted by Crippen LogP contribution is -2.36. The topological polar surface area (TPSA) is 41.9 Å². The molecule has 0 saturated heterocycles. The molecule has 2 heterocycles. The standard InChI is InChI=1S/C32H50N2O2/c1-3-5-7-9-11-13-21-31(35)29-19-17-25-33(27-29)23-15-16-24-34-26-18-20-30(28-34)32(36)22-14-12-10-8-6-4-2/h17-20,25-28H,3-16,21-24H2,1-2H3/q+2. The van der Waals surface area contributed by atoms with E-state index < -0.39 is 0 Å². The van der Waals surface area contributed by atoms with Crippen molar-refractivity contribution in [1.82, 2.24) is 0 Å². The molecule has 0 N–H and O–H groups in total. The van der Waals surface area contributed by atoms with Gasteiger partial charge in [-0.3, -0.25) is 9.59 Å². The van der Waals surface area contributed by atoms with Crippen LogP contribution in [-0.2, 0) is 13.1 Å². The van der Waals surface area contributed by atoms with Gasteiger partial charge in [0.05, 0.1) is 11.1 Å². The smallest absolute Gasteiger partial charge is 0.179 e. The SMILES string of the molecule is CCCCCCCCC(=O)c1ccc[n+](CCCC[n+]2cccc(C(=O)CCCCCCCC)c2)c1. The van der Waals surface area contributed by atoms with Crippen molar-refractivity contribution in [3.05, 3.63) is 60.2 Å². The van der Waals surface area contributed by atoms with Gasteiger partial charge in [-0.05, 0) is 25.0 Å². The molecule has 2 aromatic rings. The predicted octanol–water partition coefficient (Wildman–Crippen LogP) is 7.61. The first kappa shape index (κ1) is 29.9. The van der Waals surface area contributed by atoms with Gasteiger partial charge in [-0.1, -0.05) is 78.1 Å². The molecule has 0 radical (unpaired) electrons. The Morgan fingerprint density at radius 3 is 1.36 bits per heavy atom. The molecule has 4 nitrogen and oxygen atoms in total. The molecule has 0 fully saturated rings. The van der Waals surface area contributed by atoms with E-state index in [0.29, 0.717) is 12.8 Å². The third kappa shape index (κ3) is 12.6. The van der Waals surface area contributed by atoms with Crippen LogP contribution in [0.1, 0.15) is 137 Å². The number of Topliss-reactive ketones (excluding diaryl/α,β-unsaturated/α-hetero) is 2. The fraction of sp³-hybridized carbons (Fsp3) is 0.625. The Balaban J connectivity index is 1.69. The quantitative estimate of drug-likeness (QED) is 0.102. The molecule has 0 saturated carbocycles. The van der Waals surface area contributed by atoms with Crippen LogP contribution in [0, 0.1) is 0 Å². The molecule has 0 aromatic carbocycles. The van der Waals surface area contributed by atoms with Crippen LogP contribution in [0.3, 0.4) is 0 Å². The van der Waals surface area contributed by atoms with Crippen molar-refractivity contribution in [3.63, 3.8) is 0 Å². The number of aryl methyl sites for hydroxylation is 2. The number of nitrogens with zero attached hydrogens (tertiary/aromatic N) is 2. The van der Waals surface area contributed by atoms with Crippen LogP contribution in [0.25, 0.3) is 0 Å². The lowest BCUT2D eigenvalue weighted by molar-refractivity contribution is -0.708. The number of unbranched alkanes of at least 4 members (excludes halogenated alkanes) is 11. The number of aromatic nitrogens is 2. The Kier molecular flexibility index (Phi) is 15.6. The van der Waals surface area contributed by atoms with E-state index in [1.165, 1.54) is 51.4 Å². The van der Waals surface area contributed by atoms with Crippen molar-refractivity contribution in [2.24, 2.45) is 0 Å². The third-order valence-corrected chi connectivity index (χ3v) is 6.96. The highest BCUT2D eigenvalue weighted by Gasteiger charge is 2.13. The summed E-state index contributed by atoms with van der Waals surface area (Å²) in [5.74, 6) is 0.524. The van der Waals surface area contributed by atoms with Crippen LogP contribution in [0.4, 0.5) is 0 Å². The zero-order valence-corrected chi connectivity index (χ0v) is 23.1. The molecular weight excluding hydrogens is 444 g/mol. The van der Waals surface area contributed by atoms with Crippen LogP contribution in [0.5, 0.6) is 0 Å². The number of pyridine rings is 2. The van der Waals surface area contributed by atoms with Gasteiger partial charge in [0, 0.05) is 37.8 Å². The second-order valence-electron chi connectivity index (χ2n) is 10.2. The average Bonchev–Trinajstić information content (AvgIpc) is 2.90. The highest BCUT2D eigenvalue weighted by atomic mass is 16.1. The van der Waals surface area contributed by atoms with Crippen molar-refractivity contribution in [3.8, 4) is 0 Å². The number of carbonyl (C=O) groups excluding carboxylic acids is 2. The van der Waals surface area contributed by atoms with Crippen LogP contribution in [0.15, 0.2) is 49.1 Å². The molecular formula is C32H50N2O2+2. The average molecular weight is 495 g/mol. The molecule has 0 aliphatic carbocycles. The van der Waals surface area contributed by atoms with Crippen LogP contribution in [0.2, 0.25) is 0 Å². The minimum atomic E-state index is 0.262. The predicted molar refractivity (Wildman–Crippen MR) is 147 cm³/mol. The summed E-state index contributed by atoms with van der Waals surface area (Å²) in [6.45, 7) is 6.25. The summed E-state index contributed by atoms with van der Waals surface area (Å²) in [6, 6.07) is 7.86. The van der Waals surface area contributed by atoms with Gasteiger partial charge in [-0.15, -0.1) is 0 Å². The van der Waals surface area contributed by atoms with Crippen molar-refractivity contribution in [2.45, 2.75) is 130 Å². The Morgan fingerprint density at radius 2 is 0.944 bits per heavy atom. The van der Waals surface area contributed by atoms with Gasteiger partial charge in [0.1, 0.15) is 13.1 Å². The number of hydrogen-bond donors (Lipinski definition) is 0. The first-order valence-electron chi connectivity index (χ1n) is 14.7. The van der Waals surface area contributed by atoms with Crippen LogP contribution >= 0.6 is 0 Å². The molecule has 2 aromatic heterocycles. The fourth-order valence-corrected chi connectivity index (χ4v) is 4.66. The van der Waals surface area contributed by atoms with Crippen molar-refractivity contribution < 1.29 is 18.7 Å². The maximum absolute atomic E-state index is 12.6. The minimum Gasteiger partial charge on any atom is -0.294 e. The van der Waals surface area contributed by atoms with Gasteiger partial charge in [-0.25, -0.2) is 9.13 Å². The largest absolute Gasteiger partial charge is 0.294 e. The molecule has 0 aliphatic heterocycles. The van der Waals surface area contributed by atoms with Crippen LogP contribution in [-0.4, -0.2) is 11.6 Å². The van der Waals surface area contributed by atoms with E-state index in [0.717, 1.165) is 62.7 Å². The summed E-state index contributed by atoms with van der Waals surface area (Å²) in [5.41, 5.74) is 1.66. The van der Waals surface area contributed by atoms with Gasteiger partial charge in [0.2, 0.25) is 0 Å². The van der Waals surface area contributed by atoms with E-state index in [9.17, 15) is 9.59 Å². The number of hydrogen-bond acceptors (Lipinski definition) is 2. The number of carbonyl (C=O) groups is 2. The summed E-state index contributed by atoms with van der Waals surface area (Å²) in [7, 11) is 0. The van der Waals surface area contributed by atoms with E-state index in [1.807, 2.05) is 36.7 Å². The second-order valence-corrected chi connectivity index (χ2v) is 10.2. The molecule has 0 spiro atoms. The van der Waals surface area contributed by atoms with E-state index in [2.05, 4.69) is 35.4 Å². The molecule has 0 atom stereocenters. The number of rotatable bonds is 21. The second kappa shape index (κ2) is 18.8. The minimum absolute atomic E-state index is 0.262. The van der Waals surface area contributed by atoms with Gasteiger partial charge >= 0.3 is 0 Å². The lowest BCUT2D eigenvalue weighted by atomic mass is 10.0. The van der Waals surface area contributed by atoms with Crippen molar-refractivity contribution in [2.75, 3.05) is 0 Å². The Bertz CT molecular complexity index is 820. The summed E-state index contributed by atoms with van der Waals surface area (Å²) in [4.78, 5) is 25.1. The monoisotopic (exact) mass is 494 g/mol. The van der Waals surface area contributed by atoms with Crippen molar-refractivity contribution >= 4 is 11.6 Å². The van der Waals surface area contributed by atoms with Gasteiger partial charge in [0.25, 0.3) is 0 Å². The maximum Gasteiger partial charge on any atom is 0.179 e. The number of ketones is 2. The van der Waals surface area contributed by atoms with Gasteiger partial charge in [0.15, 0.2) is 36.4 Å². The Hall–Kier alpha value is -2.36. The summed E-state index contributed by atoms with van der Waals surface area (Å²) in [5, 5.41) is 0. The zero-order valence-electron chi connectivity index (χ0n) is 23.1. The van der Waals surface area contributed by atoms with E-state index in [1.54, 1.807) is 0 Å². The normalized spacial score (nSPS) is 11.1. The van der Waals surface area contributed by atoms with E-state index >= 15 is 0 Å². The fourth-order valence-electron chi connectivity index (χ4n) is 4.66. The van der Waals surface area contributed by atoms with Crippen LogP contribution < -0.4 is 9.13 Å². The Labute approximate surface area is 220 Å². The highest BCUT2D eigenvalue weighted by molar-refractivity contribution is 5.95. The molecule has 0 amide bonds. The lowest BCUT2D eigenvalue weighted by Gasteiger charge is -2.03. The Morgan fingerprint density at radius 1 is 0.556 bits per heavy atom. The van der Waals surface area contributed by atoms with Crippen molar-refractivity contribution in [1.29, 1.82) is 0 Å². The van der Waals surface area contributed by atoms with E-state index in [-0.39, 0.29) is 11.6 Å². The zero-order chi connectivity index (χ0) is 25.8. The third-order valence-electron chi connectivity index (χ3n) is 6.96. The molecule has 0 bridgehead atoms. The molecule has 0 unspecified atom stereocenters. The van der Waals surface area contributed by atoms with Gasteiger partial charge in [-0.2, -0.15) is 0 Å². The summed E-state index contributed by atoms with van der Waals surface area (Å²) in [6.07, 6.45) is 26.0. The molecule has 36 heavy (non-hydrogen) atoms. The molecule has 0 aliphatic rings. The van der Waals surface area contributed by atoms with E-state index in [4.69, 9.17) is 0 Å². The van der Waals surface area contributed by atoms with Gasteiger partial charge < -0.3 is 0 Å². The first-order chi connectivity index (χ1) is 17.6. The first-order valence-corrected chi connectivity index (χ1v) is 14.7. The molecule has 198 valence electrons.